The van der Waals surface area contributed by atoms with Gasteiger partial charge in [-0.1, -0.05) is 12.1 Å². The highest BCUT2D eigenvalue weighted by atomic mass is 16.1. The molecule has 98 valence electrons. The summed E-state index contributed by atoms with van der Waals surface area (Å²) >= 11 is 0. The highest BCUT2D eigenvalue weighted by molar-refractivity contribution is 6.13. The molecule has 0 bridgehead atoms. The van der Waals surface area contributed by atoms with Crippen LogP contribution in [0, 0.1) is 5.92 Å². The van der Waals surface area contributed by atoms with Gasteiger partial charge in [0.25, 0.3) is 0 Å². The number of nitrogens with zero attached hydrogens (tertiary/aromatic N) is 2. The Morgan fingerprint density at radius 1 is 1.21 bits per heavy atom. The van der Waals surface area contributed by atoms with Crippen molar-refractivity contribution < 1.29 is 4.79 Å². The number of piperidine rings is 1. The van der Waals surface area contributed by atoms with Gasteiger partial charge in [0.2, 0.25) is 0 Å². The summed E-state index contributed by atoms with van der Waals surface area (Å²) in [6.07, 6.45) is 3.11. The van der Waals surface area contributed by atoms with Crippen molar-refractivity contribution in [1.29, 1.82) is 0 Å². The van der Waals surface area contributed by atoms with Crippen molar-refractivity contribution in [2.45, 2.75) is 12.3 Å². The monoisotopic (exact) mass is 254 g/mol. The lowest BCUT2D eigenvalue weighted by Crippen LogP contribution is -2.42. The SMILES string of the molecule is CN1CC[C@@H]2c3cccc4c3c(cn4C)C(=O)[C@H]2C1. The second kappa shape index (κ2) is 3.70. The van der Waals surface area contributed by atoms with Gasteiger partial charge in [-0.3, -0.25) is 4.79 Å². The Morgan fingerprint density at radius 3 is 2.89 bits per heavy atom. The van der Waals surface area contributed by atoms with E-state index in [1.54, 1.807) is 0 Å². The number of aromatic nitrogens is 1. The fraction of sp³-hybridized carbons (Fsp3) is 0.438. The van der Waals surface area contributed by atoms with Gasteiger partial charge in [0.1, 0.15) is 0 Å². The highest BCUT2D eigenvalue weighted by Gasteiger charge is 2.40. The molecule has 0 spiro atoms. The van der Waals surface area contributed by atoms with Crippen molar-refractivity contribution in [2.75, 3.05) is 20.1 Å². The molecule has 0 unspecified atom stereocenters. The molecule has 1 aliphatic heterocycles. The fourth-order valence-electron chi connectivity index (χ4n) is 3.92. The van der Waals surface area contributed by atoms with Gasteiger partial charge < -0.3 is 9.47 Å². The standard InChI is InChI=1S/C16H18N2O/c1-17-7-6-10-11-4-3-5-14-15(11)13(9-18(14)2)16(19)12(10)8-17/h3-5,9-10,12H,6-8H2,1-2H3/t10-,12+/m1/s1. The van der Waals surface area contributed by atoms with E-state index in [0.29, 0.717) is 11.7 Å². The van der Waals surface area contributed by atoms with Crippen molar-refractivity contribution in [2.24, 2.45) is 13.0 Å². The number of Topliss-reactive ketones (excluding diaryl/α,β-unsaturated/α-hetero) is 1. The number of benzene rings is 1. The van der Waals surface area contributed by atoms with E-state index >= 15 is 0 Å². The first-order valence-corrected chi connectivity index (χ1v) is 6.97. The average molecular weight is 254 g/mol. The molecule has 0 N–H and O–H groups in total. The maximum absolute atomic E-state index is 12.8. The van der Waals surface area contributed by atoms with Gasteiger partial charge in [-0.2, -0.15) is 0 Å². The van der Waals surface area contributed by atoms with Crippen molar-refractivity contribution >= 4 is 16.7 Å². The Morgan fingerprint density at radius 2 is 2.05 bits per heavy atom. The van der Waals surface area contributed by atoms with Crippen LogP contribution in [0.2, 0.25) is 0 Å². The minimum absolute atomic E-state index is 0.152. The van der Waals surface area contributed by atoms with Crippen LogP contribution in [0.25, 0.3) is 10.9 Å². The molecule has 2 atom stereocenters. The number of hydrogen-bond acceptors (Lipinski definition) is 2. The van der Waals surface area contributed by atoms with Gasteiger partial charge in [-0.25, -0.2) is 0 Å². The summed E-state index contributed by atoms with van der Waals surface area (Å²) in [7, 11) is 4.15. The fourth-order valence-corrected chi connectivity index (χ4v) is 3.92. The summed E-state index contributed by atoms with van der Waals surface area (Å²) < 4.78 is 2.09. The van der Waals surface area contributed by atoms with Crippen molar-refractivity contribution in [3.8, 4) is 0 Å². The Labute approximate surface area is 112 Å². The number of hydrogen-bond donors (Lipinski definition) is 0. The quantitative estimate of drug-likeness (QED) is 0.721. The summed E-state index contributed by atoms with van der Waals surface area (Å²) in [5, 5.41) is 1.21. The number of carbonyl (C=O) groups excluding carboxylic acids is 1. The van der Waals surface area contributed by atoms with E-state index in [1.165, 1.54) is 16.5 Å². The zero-order valence-corrected chi connectivity index (χ0v) is 11.4. The van der Waals surface area contributed by atoms with Crippen LogP contribution in [0.4, 0.5) is 0 Å². The molecule has 2 heterocycles. The van der Waals surface area contributed by atoms with Crippen LogP contribution in [0.3, 0.4) is 0 Å². The molecular formula is C16H18N2O. The molecule has 19 heavy (non-hydrogen) atoms. The first-order chi connectivity index (χ1) is 9.16. The van der Waals surface area contributed by atoms with Crippen LogP contribution in [-0.2, 0) is 7.05 Å². The average Bonchev–Trinajstić information content (AvgIpc) is 2.75. The molecule has 1 aliphatic carbocycles. The molecule has 1 fully saturated rings. The Hall–Kier alpha value is -1.61. The van der Waals surface area contributed by atoms with E-state index in [2.05, 4.69) is 34.7 Å². The second-order valence-corrected chi connectivity index (χ2v) is 6.02. The molecule has 0 saturated carbocycles. The molecule has 3 heteroatoms. The number of rotatable bonds is 0. The highest BCUT2D eigenvalue weighted by Crippen LogP contribution is 2.44. The van der Waals surface area contributed by atoms with Crippen LogP contribution in [-0.4, -0.2) is 35.4 Å². The summed E-state index contributed by atoms with van der Waals surface area (Å²) in [4.78, 5) is 15.0. The molecule has 1 saturated heterocycles. The number of ketones is 1. The molecule has 2 aliphatic rings. The largest absolute Gasteiger partial charge is 0.350 e. The van der Waals surface area contributed by atoms with Crippen LogP contribution < -0.4 is 0 Å². The second-order valence-electron chi connectivity index (χ2n) is 6.02. The third-order valence-corrected chi connectivity index (χ3v) is 4.86. The van der Waals surface area contributed by atoms with E-state index < -0.39 is 0 Å². The number of likely N-dealkylation sites (tertiary alicyclic amines) is 1. The van der Waals surface area contributed by atoms with Gasteiger partial charge in [0.15, 0.2) is 5.78 Å². The van der Waals surface area contributed by atoms with Crippen molar-refractivity contribution in [3.63, 3.8) is 0 Å². The minimum Gasteiger partial charge on any atom is -0.350 e. The topological polar surface area (TPSA) is 25.2 Å². The van der Waals surface area contributed by atoms with Gasteiger partial charge >= 0.3 is 0 Å². The molecule has 1 aromatic carbocycles. The van der Waals surface area contributed by atoms with Gasteiger partial charge in [-0.15, -0.1) is 0 Å². The third-order valence-electron chi connectivity index (χ3n) is 4.86. The molecule has 0 amide bonds. The van der Waals surface area contributed by atoms with Crippen LogP contribution >= 0.6 is 0 Å². The molecule has 1 aromatic heterocycles. The zero-order valence-electron chi connectivity index (χ0n) is 11.4. The van der Waals surface area contributed by atoms with Crippen molar-refractivity contribution in [1.82, 2.24) is 9.47 Å². The zero-order chi connectivity index (χ0) is 13.1. The van der Waals surface area contributed by atoms with Crippen molar-refractivity contribution in [3.05, 3.63) is 35.5 Å². The maximum atomic E-state index is 12.8. The van der Waals surface area contributed by atoms with Crippen LogP contribution in [0.5, 0.6) is 0 Å². The Kier molecular flexibility index (Phi) is 2.19. The Bertz CT molecular complexity index is 685. The Balaban J connectivity index is 2.00. The molecule has 2 aromatic rings. The molecular weight excluding hydrogens is 236 g/mol. The lowest BCUT2D eigenvalue weighted by atomic mass is 9.71. The number of aryl methyl sites for hydroxylation is 1. The van der Waals surface area contributed by atoms with Gasteiger partial charge in [0.05, 0.1) is 0 Å². The van der Waals surface area contributed by atoms with Gasteiger partial charge in [-0.05, 0) is 37.6 Å². The van der Waals surface area contributed by atoms with Crippen LogP contribution in [0.15, 0.2) is 24.4 Å². The molecule has 3 nitrogen and oxygen atoms in total. The summed E-state index contributed by atoms with van der Waals surface area (Å²) in [6.45, 7) is 1.99. The summed E-state index contributed by atoms with van der Waals surface area (Å²) in [5.41, 5.74) is 3.52. The molecule has 0 radical (unpaired) electrons. The maximum Gasteiger partial charge on any atom is 0.169 e. The van der Waals surface area contributed by atoms with Gasteiger partial charge in [0, 0.05) is 42.2 Å². The lowest BCUT2D eigenvalue weighted by Gasteiger charge is -2.38. The smallest absolute Gasteiger partial charge is 0.169 e. The number of fused-ring (bicyclic) bond motifs is 2. The van der Waals surface area contributed by atoms with E-state index in [-0.39, 0.29) is 5.92 Å². The first-order valence-electron chi connectivity index (χ1n) is 6.97. The van der Waals surface area contributed by atoms with E-state index in [1.807, 2.05) is 13.2 Å². The third kappa shape index (κ3) is 1.39. The molecule has 4 rings (SSSR count). The normalized spacial score (nSPS) is 26.7. The van der Waals surface area contributed by atoms with Crippen LogP contribution in [0.1, 0.15) is 28.3 Å². The summed E-state index contributed by atoms with van der Waals surface area (Å²) in [6, 6.07) is 6.47. The predicted molar refractivity (Wildman–Crippen MR) is 75.6 cm³/mol. The first kappa shape index (κ1) is 11.2. The van der Waals surface area contributed by atoms with E-state index in [9.17, 15) is 4.79 Å². The van der Waals surface area contributed by atoms with E-state index in [0.717, 1.165) is 25.1 Å². The summed E-state index contributed by atoms with van der Waals surface area (Å²) in [5.74, 6) is 0.919. The lowest BCUT2D eigenvalue weighted by molar-refractivity contribution is 0.0803. The predicted octanol–water partition coefficient (Wildman–Crippen LogP) is 2.41. The number of carbonyl (C=O) groups is 1. The van der Waals surface area contributed by atoms with E-state index in [4.69, 9.17) is 0 Å². The minimum atomic E-state index is 0.152.